The zero-order valence-corrected chi connectivity index (χ0v) is 20.3. The van der Waals surface area contributed by atoms with E-state index in [4.69, 9.17) is 10.2 Å². The van der Waals surface area contributed by atoms with E-state index in [9.17, 15) is 19.2 Å². The molecule has 0 bridgehead atoms. The van der Waals surface area contributed by atoms with E-state index in [1.165, 1.54) is 0 Å². The Morgan fingerprint density at radius 3 is 1.71 bits per heavy atom. The van der Waals surface area contributed by atoms with Crippen LogP contribution in [0.5, 0.6) is 0 Å². The van der Waals surface area contributed by atoms with Gasteiger partial charge in [0.05, 0.1) is 19.6 Å². The number of rotatable bonds is 12. The molecule has 35 heavy (non-hydrogen) atoms. The first-order valence-electron chi connectivity index (χ1n) is 11.9. The normalized spacial score (nSPS) is 16.9. The van der Waals surface area contributed by atoms with Gasteiger partial charge in [-0.1, -0.05) is 37.3 Å². The van der Waals surface area contributed by atoms with Crippen LogP contribution in [0.3, 0.4) is 0 Å². The van der Waals surface area contributed by atoms with E-state index >= 15 is 0 Å². The Bertz CT molecular complexity index is 809. The van der Waals surface area contributed by atoms with Gasteiger partial charge in [0.2, 0.25) is 11.8 Å². The molecule has 11 heteroatoms. The maximum absolute atomic E-state index is 12.5. The molecule has 1 aliphatic rings. The summed E-state index contributed by atoms with van der Waals surface area (Å²) in [5, 5.41) is 23.9. The van der Waals surface area contributed by atoms with Crippen molar-refractivity contribution in [3.63, 3.8) is 0 Å². The number of hydrogen-bond acceptors (Lipinski definition) is 7. The lowest BCUT2D eigenvalue weighted by atomic mass is 10.0. The predicted molar refractivity (Wildman–Crippen MR) is 130 cm³/mol. The van der Waals surface area contributed by atoms with Crippen LogP contribution in [0.15, 0.2) is 30.3 Å². The number of carbonyl (C=O) groups excluding carboxylic acids is 2. The molecule has 1 unspecified atom stereocenters. The van der Waals surface area contributed by atoms with Crippen molar-refractivity contribution in [1.29, 1.82) is 0 Å². The maximum atomic E-state index is 12.5. The molecule has 1 atom stereocenters. The molecule has 1 aliphatic heterocycles. The van der Waals surface area contributed by atoms with E-state index in [1.54, 1.807) is 9.80 Å². The number of benzene rings is 1. The summed E-state index contributed by atoms with van der Waals surface area (Å²) < 4.78 is 0. The summed E-state index contributed by atoms with van der Waals surface area (Å²) >= 11 is 0. The summed E-state index contributed by atoms with van der Waals surface area (Å²) in [6.07, 6.45) is 0.645. The number of carbonyl (C=O) groups is 4. The van der Waals surface area contributed by atoms with Crippen molar-refractivity contribution in [2.45, 2.75) is 13.3 Å². The van der Waals surface area contributed by atoms with Crippen LogP contribution >= 0.6 is 0 Å². The Kier molecular flexibility index (Phi) is 12.2. The van der Waals surface area contributed by atoms with Gasteiger partial charge in [0.15, 0.2) is 0 Å². The van der Waals surface area contributed by atoms with E-state index in [-0.39, 0.29) is 37.4 Å². The van der Waals surface area contributed by atoms with Crippen LogP contribution < -0.4 is 10.6 Å². The molecule has 1 aromatic carbocycles. The highest BCUT2D eigenvalue weighted by atomic mass is 16.4. The third-order valence-electron chi connectivity index (χ3n) is 5.86. The molecule has 1 saturated heterocycles. The molecule has 0 radical (unpaired) electrons. The highest BCUT2D eigenvalue weighted by Gasteiger charge is 2.20. The number of aliphatic carboxylic acids is 2. The summed E-state index contributed by atoms with van der Waals surface area (Å²) in [5.74, 6) is -2.34. The minimum atomic E-state index is -0.946. The maximum Gasteiger partial charge on any atom is 0.317 e. The second-order valence-corrected chi connectivity index (χ2v) is 8.85. The molecule has 194 valence electrons. The summed E-state index contributed by atoms with van der Waals surface area (Å²) in [5.41, 5.74) is 1.09. The fraction of sp³-hybridized carbons (Fsp3) is 0.583. The van der Waals surface area contributed by atoms with E-state index < -0.39 is 11.9 Å². The van der Waals surface area contributed by atoms with Crippen molar-refractivity contribution < 1.29 is 29.4 Å². The summed E-state index contributed by atoms with van der Waals surface area (Å²) in [6, 6.07) is 9.79. The van der Waals surface area contributed by atoms with Gasteiger partial charge in [-0.3, -0.25) is 33.9 Å². The Hall–Kier alpha value is -3.02. The number of carboxylic acid groups (broad SMARTS) is 2. The van der Waals surface area contributed by atoms with Gasteiger partial charge < -0.3 is 20.8 Å². The first kappa shape index (κ1) is 28.2. The molecular weight excluding hydrogens is 454 g/mol. The first-order chi connectivity index (χ1) is 16.7. The number of nitrogens with zero attached hydrogens (tertiary/aromatic N) is 3. The van der Waals surface area contributed by atoms with E-state index in [0.717, 1.165) is 5.56 Å². The van der Waals surface area contributed by atoms with Crippen LogP contribution in [0.25, 0.3) is 0 Å². The third kappa shape index (κ3) is 11.8. The molecule has 4 N–H and O–H groups in total. The molecule has 2 amide bonds. The Morgan fingerprint density at radius 2 is 1.23 bits per heavy atom. The summed E-state index contributed by atoms with van der Waals surface area (Å²) in [4.78, 5) is 52.4. The quantitative estimate of drug-likeness (QED) is 0.276. The van der Waals surface area contributed by atoms with Crippen molar-refractivity contribution in [3.8, 4) is 0 Å². The number of hydrogen-bond donors (Lipinski definition) is 4. The molecule has 11 nitrogen and oxygen atoms in total. The van der Waals surface area contributed by atoms with Crippen LogP contribution in [-0.2, 0) is 25.6 Å². The smallest absolute Gasteiger partial charge is 0.317 e. The van der Waals surface area contributed by atoms with Crippen molar-refractivity contribution in [2.75, 3.05) is 72.0 Å². The van der Waals surface area contributed by atoms with Crippen LogP contribution in [0, 0.1) is 5.92 Å². The standard InChI is InChI=1S/C24H37N5O6/c1-19(15-20-5-3-2-4-6-20)24(35)26-8-7-25-21(30)16-27-9-11-28(17-22(31)32)13-14-29(12-10-27)18-23(33)34/h2-6,19H,7-18H2,1H3,(H,25,30)(H,26,35)(H,31,32)(H,33,34). The predicted octanol–water partition coefficient (Wildman–Crippen LogP) is -0.814. The fourth-order valence-electron chi connectivity index (χ4n) is 3.92. The highest BCUT2D eigenvalue weighted by Crippen LogP contribution is 2.08. The molecule has 0 aliphatic carbocycles. The van der Waals surface area contributed by atoms with Gasteiger partial charge in [0.25, 0.3) is 0 Å². The molecule has 1 aromatic rings. The van der Waals surface area contributed by atoms with Gasteiger partial charge in [-0.25, -0.2) is 0 Å². The number of carboxylic acids is 2. The monoisotopic (exact) mass is 491 g/mol. The lowest BCUT2D eigenvalue weighted by Gasteiger charge is -2.24. The zero-order chi connectivity index (χ0) is 25.6. The lowest BCUT2D eigenvalue weighted by Crippen LogP contribution is -2.45. The average molecular weight is 492 g/mol. The third-order valence-corrected chi connectivity index (χ3v) is 5.86. The highest BCUT2D eigenvalue weighted by molar-refractivity contribution is 5.79. The van der Waals surface area contributed by atoms with Gasteiger partial charge >= 0.3 is 11.9 Å². The fourth-order valence-corrected chi connectivity index (χ4v) is 3.92. The van der Waals surface area contributed by atoms with Crippen molar-refractivity contribution in [3.05, 3.63) is 35.9 Å². The number of amides is 2. The minimum Gasteiger partial charge on any atom is -0.480 e. The average Bonchev–Trinajstić information content (AvgIpc) is 2.88. The molecule has 0 spiro atoms. The molecular formula is C24H37N5O6. The van der Waals surface area contributed by atoms with Crippen molar-refractivity contribution >= 4 is 23.8 Å². The molecule has 1 heterocycles. The van der Waals surface area contributed by atoms with Gasteiger partial charge in [0.1, 0.15) is 0 Å². The minimum absolute atomic E-state index is 0.0693. The largest absolute Gasteiger partial charge is 0.480 e. The van der Waals surface area contributed by atoms with Crippen molar-refractivity contribution in [1.82, 2.24) is 25.3 Å². The topological polar surface area (TPSA) is 143 Å². The Balaban J connectivity index is 1.75. The van der Waals surface area contributed by atoms with Gasteiger partial charge in [-0.2, -0.15) is 0 Å². The molecule has 1 fully saturated rings. The van der Waals surface area contributed by atoms with Crippen LogP contribution in [-0.4, -0.2) is 121 Å². The second kappa shape index (κ2) is 15.1. The van der Waals surface area contributed by atoms with Gasteiger partial charge in [-0.05, 0) is 12.0 Å². The first-order valence-corrected chi connectivity index (χ1v) is 11.9. The Labute approximate surface area is 206 Å². The second-order valence-electron chi connectivity index (χ2n) is 8.85. The summed E-state index contributed by atoms with van der Waals surface area (Å²) in [7, 11) is 0. The number of nitrogens with one attached hydrogen (secondary N) is 2. The lowest BCUT2D eigenvalue weighted by molar-refractivity contribution is -0.140. The van der Waals surface area contributed by atoms with Crippen molar-refractivity contribution in [2.24, 2.45) is 5.92 Å². The molecule has 2 rings (SSSR count). The zero-order valence-electron chi connectivity index (χ0n) is 20.3. The van der Waals surface area contributed by atoms with E-state index in [1.807, 2.05) is 42.2 Å². The van der Waals surface area contributed by atoms with E-state index in [0.29, 0.717) is 58.8 Å². The van der Waals surface area contributed by atoms with Crippen LogP contribution in [0.4, 0.5) is 0 Å². The van der Waals surface area contributed by atoms with Gasteiger partial charge in [0, 0.05) is 58.3 Å². The molecule has 0 aromatic heterocycles. The Morgan fingerprint density at radius 1 is 0.771 bits per heavy atom. The molecule has 0 saturated carbocycles. The van der Waals surface area contributed by atoms with Gasteiger partial charge in [-0.15, -0.1) is 0 Å². The SMILES string of the molecule is CC(Cc1ccccc1)C(=O)NCCNC(=O)CN1CCN(CC(=O)O)CCN(CC(=O)O)CC1. The van der Waals surface area contributed by atoms with E-state index in [2.05, 4.69) is 10.6 Å². The van der Waals surface area contributed by atoms with Crippen LogP contribution in [0.2, 0.25) is 0 Å². The van der Waals surface area contributed by atoms with Crippen LogP contribution in [0.1, 0.15) is 12.5 Å². The summed E-state index contributed by atoms with van der Waals surface area (Å²) in [6.45, 7) is 5.15.